The molecular weight excluding hydrogens is 314 g/mol. The van der Waals surface area contributed by atoms with E-state index >= 15 is 0 Å². The molecule has 0 spiro atoms. The van der Waals surface area contributed by atoms with Crippen molar-refractivity contribution in [2.45, 2.75) is 18.4 Å². The van der Waals surface area contributed by atoms with Gasteiger partial charge in [-0.15, -0.1) is 0 Å². The van der Waals surface area contributed by atoms with Gasteiger partial charge in [-0.1, -0.05) is 60.7 Å². The van der Waals surface area contributed by atoms with Gasteiger partial charge in [0.15, 0.2) is 0 Å². The molecule has 132 valence electrons. The van der Waals surface area contributed by atoms with Crippen LogP contribution in [0.5, 0.6) is 0 Å². The van der Waals surface area contributed by atoms with Gasteiger partial charge in [-0.2, -0.15) is 0 Å². The van der Waals surface area contributed by atoms with Gasteiger partial charge in [0.25, 0.3) is 0 Å². The Hall–Kier alpha value is -2.17. The zero-order valence-corrected chi connectivity index (χ0v) is 14.6. The summed E-state index contributed by atoms with van der Waals surface area (Å²) in [5.74, 6) is -0.998. The lowest BCUT2D eigenvalue weighted by molar-refractivity contribution is -0.144. The number of methoxy groups -OCH3 is 1. The molecule has 1 unspecified atom stereocenters. The number of hydrogen-bond donors (Lipinski definition) is 1. The number of carbonyl (C=O) groups is 1. The summed E-state index contributed by atoms with van der Waals surface area (Å²) in [5.41, 5.74) is 1.56. The molecule has 1 aliphatic heterocycles. The fourth-order valence-electron chi connectivity index (χ4n) is 3.78. The van der Waals surface area contributed by atoms with E-state index in [-0.39, 0.29) is 5.92 Å². The summed E-state index contributed by atoms with van der Waals surface area (Å²) in [6.45, 7) is 2.11. The molecule has 2 aromatic rings. The van der Waals surface area contributed by atoms with Crippen LogP contribution in [0.4, 0.5) is 0 Å². The van der Waals surface area contributed by atoms with Crippen LogP contribution in [0.15, 0.2) is 60.7 Å². The molecule has 0 aromatic heterocycles. The molecule has 4 heteroatoms. The second-order valence-electron chi connectivity index (χ2n) is 6.68. The largest absolute Gasteiger partial charge is 0.481 e. The fourth-order valence-corrected chi connectivity index (χ4v) is 3.78. The Morgan fingerprint density at radius 3 is 2.16 bits per heavy atom. The van der Waals surface area contributed by atoms with Gasteiger partial charge < -0.3 is 9.84 Å². The van der Waals surface area contributed by atoms with Gasteiger partial charge in [-0.3, -0.25) is 9.69 Å². The fraction of sp³-hybridized carbons (Fsp3) is 0.381. The van der Waals surface area contributed by atoms with Crippen LogP contribution in [0.25, 0.3) is 0 Å². The number of rotatable bonds is 6. The van der Waals surface area contributed by atoms with Crippen LogP contribution in [0.3, 0.4) is 0 Å². The highest BCUT2D eigenvalue weighted by molar-refractivity contribution is 5.70. The van der Waals surface area contributed by atoms with Crippen molar-refractivity contribution in [3.05, 3.63) is 71.8 Å². The number of nitrogens with zero attached hydrogens (tertiary/aromatic N) is 1. The second-order valence-corrected chi connectivity index (χ2v) is 6.68. The molecule has 1 atom stereocenters. The van der Waals surface area contributed by atoms with Crippen molar-refractivity contribution in [1.29, 1.82) is 0 Å². The van der Waals surface area contributed by atoms with E-state index in [4.69, 9.17) is 4.74 Å². The van der Waals surface area contributed by atoms with E-state index in [0.29, 0.717) is 13.1 Å². The average molecular weight is 339 g/mol. The molecule has 0 radical (unpaired) electrons. The second kappa shape index (κ2) is 7.81. The first-order chi connectivity index (χ1) is 12.2. The molecule has 1 aliphatic rings. The van der Waals surface area contributed by atoms with Crippen molar-refractivity contribution in [3.63, 3.8) is 0 Å². The first-order valence-electron chi connectivity index (χ1n) is 8.77. The van der Waals surface area contributed by atoms with Gasteiger partial charge in [-0.25, -0.2) is 0 Å². The van der Waals surface area contributed by atoms with Crippen LogP contribution in [0.1, 0.15) is 24.0 Å². The molecule has 1 heterocycles. The molecule has 0 bridgehead atoms. The Morgan fingerprint density at radius 1 is 1.12 bits per heavy atom. The predicted octanol–water partition coefficient (Wildman–Crippen LogP) is 3.37. The number of carboxylic acid groups (broad SMARTS) is 1. The molecule has 1 saturated heterocycles. The normalized spacial score (nSPS) is 18.8. The molecule has 25 heavy (non-hydrogen) atoms. The Bertz CT molecular complexity index is 647. The number of carboxylic acids is 1. The Balaban J connectivity index is 1.96. The third-order valence-electron chi connectivity index (χ3n) is 5.13. The number of likely N-dealkylation sites (tertiary alicyclic amines) is 1. The number of piperidine rings is 1. The monoisotopic (exact) mass is 339 g/mol. The highest BCUT2D eigenvalue weighted by atomic mass is 16.5. The molecule has 0 saturated carbocycles. The lowest BCUT2D eigenvalue weighted by Crippen LogP contribution is -2.48. The minimum atomic E-state index is -0.702. The highest BCUT2D eigenvalue weighted by Gasteiger charge is 2.38. The molecule has 0 amide bonds. The quantitative estimate of drug-likeness (QED) is 0.877. The number of ether oxygens (including phenoxy) is 1. The molecular formula is C21H25NO3. The van der Waals surface area contributed by atoms with Crippen molar-refractivity contribution < 1.29 is 14.6 Å². The van der Waals surface area contributed by atoms with Crippen molar-refractivity contribution in [2.24, 2.45) is 5.92 Å². The summed E-state index contributed by atoms with van der Waals surface area (Å²) < 4.78 is 6.12. The molecule has 3 rings (SSSR count). The third kappa shape index (κ3) is 3.75. The number of aliphatic carboxylic acids is 1. The molecule has 4 nitrogen and oxygen atoms in total. The van der Waals surface area contributed by atoms with Crippen LogP contribution in [0, 0.1) is 5.92 Å². The molecule has 1 N–H and O–H groups in total. The van der Waals surface area contributed by atoms with Crippen LogP contribution in [-0.4, -0.2) is 42.7 Å². The minimum Gasteiger partial charge on any atom is -0.481 e. The van der Waals surface area contributed by atoms with Gasteiger partial charge in [0.2, 0.25) is 0 Å². The van der Waals surface area contributed by atoms with Crippen molar-refractivity contribution in [1.82, 2.24) is 4.90 Å². The van der Waals surface area contributed by atoms with E-state index < -0.39 is 11.6 Å². The minimum absolute atomic E-state index is 0.296. The Kier molecular flexibility index (Phi) is 5.51. The third-order valence-corrected chi connectivity index (χ3v) is 5.13. The van der Waals surface area contributed by atoms with E-state index in [1.165, 1.54) is 0 Å². The zero-order valence-electron chi connectivity index (χ0n) is 14.6. The summed E-state index contributed by atoms with van der Waals surface area (Å²) in [5, 5.41) is 9.39. The van der Waals surface area contributed by atoms with Crippen LogP contribution < -0.4 is 0 Å². The summed E-state index contributed by atoms with van der Waals surface area (Å²) in [6, 6.07) is 20.4. The van der Waals surface area contributed by atoms with Gasteiger partial charge in [0.05, 0.1) is 5.92 Å². The highest BCUT2D eigenvalue weighted by Crippen LogP contribution is 2.35. The van der Waals surface area contributed by atoms with E-state index in [2.05, 4.69) is 29.2 Å². The maximum Gasteiger partial charge on any atom is 0.307 e. The lowest BCUT2D eigenvalue weighted by Gasteiger charge is -2.40. The predicted molar refractivity (Wildman–Crippen MR) is 97.5 cm³/mol. The van der Waals surface area contributed by atoms with E-state index in [1.807, 2.05) is 36.4 Å². The molecule has 1 fully saturated rings. The maximum atomic E-state index is 11.4. The Labute approximate surface area is 149 Å². The Morgan fingerprint density at radius 2 is 1.68 bits per heavy atom. The summed E-state index contributed by atoms with van der Waals surface area (Å²) in [6.07, 6.45) is 1.66. The van der Waals surface area contributed by atoms with Gasteiger partial charge >= 0.3 is 5.97 Å². The summed E-state index contributed by atoms with van der Waals surface area (Å²) >= 11 is 0. The maximum absolute atomic E-state index is 11.4. The van der Waals surface area contributed by atoms with Crippen molar-refractivity contribution in [3.8, 4) is 0 Å². The summed E-state index contributed by atoms with van der Waals surface area (Å²) in [7, 11) is 1.73. The van der Waals surface area contributed by atoms with Crippen LogP contribution >= 0.6 is 0 Å². The smallest absolute Gasteiger partial charge is 0.307 e. The van der Waals surface area contributed by atoms with E-state index in [9.17, 15) is 9.90 Å². The molecule has 0 aliphatic carbocycles. The zero-order chi connectivity index (χ0) is 17.7. The SMILES string of the molecule is COC(CN1CCCC(C(=O)O)C1)(c1ccccc1)c1ccccc1. The van der Waals surface area contributed by atoms with Crippen molar-refractivity contribution in [2.75, 3.05) is 26.7 Å². The first kappa shape index (κ1) is 17.6. The molecule has 2 aromatic carbocycles. The lowest BCUT2D eigenvalue weighted by atomic mass is 9.84. The average Bonchev–Trinajstić information content (AvgIpc) is 2.68. The topological polar surface area (TPSA) is 49.8 Å². The van der Waals surface area contributed by atoms with Crippen LogP contribution in [0.2, 0.25) is 0 Å². The van der Waals surface area contributed by atoms with Gasteiger partial charge in [0.1, 0.15) is 5.60 Å². The van der Waals surface area contributed by atoms with Crippen molar-refractivity contribution >= 4 is 5.97 Å². The number of benzene rings is 2. The van der Waals surface area contributed by atoms with E-state index in [1.54, 1.807) is 7.11 Å². The van der Waals surface area contributed by atoms with Gasteiger partial charge in [0, 0.05) is 20.2 Å². The van der Waals surface area contributed by atoms with Crippen LogP contribution in [-0.2, 0) is 15.1 Å². The van der Waals surface area contributed by atoms with Gasteiger partial charge in [-0.05, 0) is 30.5 Å². The van der Waals surface area contributed by atoms with E-state index in [0.717, 1.165) is 30.5 Å². The summed E-state index contributed by atoms with van der Waals surface area (Å²) in [4.78, 5) is 13.6. The first-order valence-corrected chi connectivity index (χ1v) is 8.77. The standard InChI is InChI=1S/C21H25NO3/c1-25-21(18-10-4-2-5-11-18,19-12-6-3-7-13-19)16-22-14-8-9-17(15-22)20(23)24/h2-7,10-13,17H,8-9,14-16H2,1H3,(H,23,24). The number of hydrogen-bond acceptors (Lipinski definition) is 3.